The van der Waals surface area contributed by atoms with E-state index in [4.69, 9.17) is 37.8 Å². The number of fused-ring (bicyclic) bond motifs is 4. The lowest BCUT2D eigenvalue weighted by atomic mass is 9.98. The number of carbonyl (C=O) groups is 2. The van der Waals surface area contributed by atoms with Crippen molar-refractivity contribution in [3.63, 3.8) is 0 Å². The zero-order chi connectivity index (χ0) is 41.2. The summed E-state index contributed by atoms with van der Waals surface area (Å²) in [6, 6.07) is 16.7. The van der Waals surface area contributed by atoms with Crippen LogP contribution in [0.2, 0.25) is 10.0 Å². The number of nitrogens with zero attached hydrogens (tertiary/aromatic N) is 6. The smallest absolute Gasteiger partial charge is 0.354 e. The average molecular weight is 820 g/mol. The van der Waals surface area contributed by atoms with Crippen LogP contribution in [0.3, 0.4) is 0 Å². The molecule has 8 rings (SSSR count). The fourth-order valence-electron chi connectivity index (χ4n) is 8.58. The van der Waals surface area contributed by atoms with Gasteiger partial charge in [0.2, 0.25) is 0 Å². The maximum atomic E-state index is 15.4. The van der Waals surface area contributed by atoms with Crippen molar-refractivity contribution < 1.29 is 24.2 Å². The summed E-state index contributed by atoms with van der Waals surface area (Å²) in [4.78, 5) is 34.3. The van der Waals surface area contributed by atoms with E-state index in [-0.39, 0.29) is 30.8 Å². The van der Waals surface area contributed by atoms with E-state index in [1.54, 1.807) is 28.9 Å². The molecule has 0 saturated heterocycles. The number of benzene rings is 3. The van der Waals surface area contributed by atoms with Crippen LogP contribution in [-0.4, -0.2) is 54.0 Å². The summed E-state index contributed by atoms with van der Waals surface area (Å²) in [5.74, 6) is -0.163. The van der Waals surface area contributed by atoms with Crippen LogP contribution < -0.4 is 14.4 Å². The molecule has 0 saturated carbocycles. The standard InChI is InChI=1S/C45H44Cl2N6O5/c1-24-18-31(19-25(2)39(24)47)57-17-9-11-32-33-13-14-35(46)38(37-27(4)49-51(7)28(37)5)40(33)53-26(3)22-52(44(54)42(32)53)41-34-20-30(58-23-29-10-8-16-48-21-29)12-15-36(34)50(6)43(41)45(55)56/h8,10,12-16,18-21,26H,9,11,17,22-23H2,1-7H3,(H,55,56)/t26-/m1/s1. The SMILES string of the molecule is Cc1cc(OCCCc2c3n(c4c(-c5c(C)nn(C)c5C)c(Cl)ccc24)[C@H](C)CN(c2c(C(=O)O)n(C)c4ccc(OCc5cccnc5)cc24)C3=O)cc(C)c1Cl. The molecule has 298 valence electrons. The molecule has 0 aliphatic carbocycles. The van der Waals surface area contributed by atoms with Gasteiger partial charge in [-0.05, 0) is 107 Å². The van der Waals surface area contributed by atoms with E-state index in [2.05, 4.69) is 16.5 Å². The fourth-order valence-corrected chi connectivity index (χ4v) is 8.94. The predicted molar refractivity (Wildman–Crippen MR) is 228 cm³/mol. The number of carboxylic acids is 1. The number of hydrogen-bond donors (Lipinski definition) is 1. The first kappa shape index (κ1) is 39.1. The van der Waals surface area contributed by atoms with Gasteiger partial charge < -0.3 is 28.6 Å². The second-order valence-corrected chi connectivity index (χ2v) is 15.9. The molecule has 1 aliphatic rings. The maximum absolute atomic E-state index is 15.4. The van der Waals surface area contributed by atoms with Crippen LogP contribution in [-0.2, 0) is 27.1 Å². The lowest BCUT2D eigenvalue weighted by Gasteiger charge is -2.34. The Bertz CT molecular complexity index is 2760. The highest BCUT2D eigenvalue weighted by molar-refractivity contribution is 6.35. The van der Waals surface area contributed by atoms with Crippen molar-refractivity contribution in [3.8, 4) is 22.6 Å². The van der Waals surface area contributed by atoms with E-state index < -0.39 is 5.97 Å². The van der Waals surface area contributed by atoms with Gasteiger partial charge in [-0.2, -0.15) is 5.10 Å². The van der Waals surface area contributed by atoms with Crippen LogP contribution >= 0.6 is 23.2 Å². The molecule has 1 atom stereocenters. The molecule has 11 nitrogen and oxygen atoms in total. The van der Waals surface area contributed by atoms with Gasteiger partial charge in [0.15, 0.2) is 5.69 Å². The summed E-state index contributed by atoms with van der Waals surface area (Å²) in [6.07, 6.45) is 4.55. The molecule has 7 aromatic rings. The number of anilines is 1. The second-order valence-electron chi connectivity index (χ2n) is 15.2. The summed E-state index contributed by atoms with van der Waals surface area (Å²) < 4.78 is 18.0. The highest BCUT2D eigenvalue weighted by Gasteiger charge is 2.39. The third-order valence-electron chi connectivity index (χ3n) is 11.3. The van der Waals surface area contributed by atoms with Crippen molar-refractivity contribution in [3.05, 3.63) is 122 Å². The van der Waals surface area contributed by atoms with Crippen LogP contribution in [0, 0.1) is 27.7 Å². The number of aryl methyl sites for hydroxylation is 6. The Morgan fingerprint density at radius 3 is 2.38 bits per heavy atom. The Labute approximate surface area is 346 Å². The number of ether oxygens (including phenoxy) is 2. The van der Waals surface area contributed by atoms with Gasteiger partial charge in [-0.15, -0.1) is 0 Å². The van der Waals surface area contributed by atoms with Crippen molar-refractivity contribution in [2.45, 2.75) is 60.1 Å². The molecular formula is C45H44Cl2N6O5. The summed E-state index contributed by atoms with van der Waals surface area (Å²) in [5.41, 5.74) is 9.48. The van der Waals surface area contributed by atoms with Crippen molar-refractivity contribution in [2.75, 3.05) is 18.1 Å². The largest absolute Gasteiger partial charge is 0.494 e. The fraction of sp³-hybridized carbons (Fsp3) is 0.289. The Hall–Kier alpha value is -5.78. The van der Waals surface area contributed by atoms with Gasteiger partial charge in [0.25, 0.3) is 5.91 Å². The monoisotopic (exact) mass is 818 g/mol. The van der Waals surface area contributed by atoms with E-state index in [1.807, 2.05) is 94.0 Å². The molecule has 1 N–H and O–H groups in total. The van der Waals surface area contributed by atoms with Crippen LogP contribution in [0.15, 0.2) is 67.0 Å². The lowest BCUT2D eigenvalue weighted by Crippen LogP contribution is -2.43. The molecule has 13 heteroatoms. The summed E-state index contributed by atoms with van der Waals surface area (Å²) in [5, 5.41) is 18.2. The highest BCUT2D eigenvalue weighted by atomic mass is 35.5. The third-order valence-corrected chi connectivity index (χ3v) is 12.2. The summed E-state index contributed by atoms with van der Waals surface area (Å²) in [7, 11) is 3.62. The van der Waals surface area contributed by atoms with Crippen LogP contribution in [0.4, 0.5) is 5.69 Å². The first-order chi connectivity index (χ1) is 27.8. The number of pyridine rings is 1. The molecular weight excluding hydrogens is 775 g/mol. The summed E-state index contributed by atoms with van der Waals surface area (Å²) >= 11 is 13.6. The molecule has 3 aromatic carbocycles. The third kappa shape index (κ3) is 6.56. The number of halogens is 2. The van der Waals surface area contributed by atoms with Crippen molar-refractivity contribution in [1.82, 2.24) is 23.9 Å². The Morgan fingerprint density at radius 2 is 1.71 bits per heavy atom. The van der Waals surface area contributed by atoms with Crippen LogP contribution in [0.5, 0.6) is 11.5 Å². The molecule has 0 fully saturated rings. The molecule has 1 aliphatic heterocycles. The van der Waals surface area contributed by atoms with E-state index >= 15 is 4.79 Å². The van der Waals surface area contributed by atoms with E-state index in [1.165, 1.54) is 0 Å². The second kappa shape index (κ2) is 15.2. The normalized spacial score (nSPS) is 14.1. The van der Waals surface area contributed by atoms with E-state index in [0.717, 1.165) is 66.4 Å². The molecule has 0 spiro atoms. The maximum Gasteiger partial charge on any atom is 0.354 e. The molecule has 4 aromatic heterocycles. The van der Waals surface area contributed by atoms with Crippen molar-refractivity contribution in [1.29, 1.82) is 0 Å². The quantitative estimate of drug-likeness (QED) is 0.129. The molecule has 0 radical (unpaired) electrons. The minimum Gasteiger partial charge on any atom is -0.494 e. The lowest BCUT2D eigenvalue weighted by molar-refractivity contribution is 0.0687. The minimum atomic E-state index is -1.14. The summed E-state index contributed by atoms with van der Waals surface area (Å²) in [6.45, 7) is 10.8. The van der Waals surface area contributed by atoms with Crippen LogP contribution in [0.25, 0.3) is 32.9 Å². The average Bonchev–Trinajstić information content (AvgIpc) is 3.78. The van der Waals surface area contributed by atoms with E-state index in [9.17, 15) is 9.90 Å². The number of amides is 1. The Balaban J connectivity index is 1.27. The molecule has 5 heterocycles. The van der Waals surface area contributed by atoms with Gasteiger partial charge in [-0.1, -0.05) is 35.3 Å². The van der Waals surface area contributed by atoms with Gasteiger partial charge in [-0.3, -0.25) is 14.5 Å². The number of carbonyl (C=O) groups excluding carboxylic acids is 1. The predicted octanol–water partition coefficient (Wildman–Crippen LogP) is 9.98. The Morgan fingerprint density at radius 1 is 0.948 bits per heavy atom. The number of hydrogen-bond acceptors (Lipinski definition) is 6. The first-order valence-corrected chi connectivity index (χ1v) is 20.0. The molecule has 1 amide bonds. The molecule has 0 unspecified atom stereocenters. The molecule has 0 bridgehead atoms. The number of rotatable bonds is 11. The zero-order valence-electron chi connectivity index (χ0n) is 33.5. The van der Waals surface area contributed by atoms with Crippen LogP contribution in [0.1, 0.15) is 74.0 Å². The number of aromatic nitrogens is 5. The number of carboxylic acid groups (broad SMARTS) is 1. The first-order valence-electron chi connectivity index (χ1n) is 19.2. The van der Waals surface area contributed by atoms with Gasteiger partial charge in [0.05, 0.1) is 34.0 Å². The number of aromatic carboxylic acids is 1. The van der Waals surface area contributed by atoms with E-state index in [0.29, 0.717) is 52.5 Å². The van der Waals surface area contributed by atoms with Gasteiger partial charge in [0, 0.05) is 77.3 Å². The van der Waals surface area contributed by atoms with Crippen molar-refractivity contribution >= 4 is 62.6 Å². The highest BCUT2D eigenvalue weighted by Crippen LogP contribution is 2.46. The van der Waals surface area contributed by atoms with Gasteiger partial charge in [0.1, 0.15) is 23.8 Å². The van der Waals surface area contributed by atoms with Gasteiger partial charge >= 0.3 is 5.97 Å². The Kier molecular flexibility index (Phi) is 10.2. The van der Waals surface area contributed by atoms with Gasteiger partial charge in [-0.25, -0.2) is 4.79 Å². The minimum absolute atomic E-state index is 0.0124. The van der Waals surface area contributed by atoms with Crippen molar-refractivity contribution in [2.24, 2.45) is 14.1 Å². The zero-order valence-corrected chi connectivity index (χ0v) is 35.0. The molecule has 58 heavy (non-hydrogen) atoms. The topological polar surface area (TPSA) is 117 Å².